The minimum absolute atomic E-state index is 0.0697. The summed E-state index contributed by atoms with van der Waals surface area (Å²) < 4.78 is 16.3. The van der Waals surface area contributed by atoms with Crippen molar-refractivity contribution in [1.82, 2.24) is 10.2 Å². The van der Waals surface area contributed by atoms with Crippen LogP contribution in [0.2, 0.25) is 5.02 Å². The number of amides is 2. The van der Waals surface area contributed by atoms with Crippen LogP contribution in [0, 0.1) is 5.92 Å². The number of hydrogen-bond acceptors (Lipinski definition) is 7. The third-order valence-corrected chi connectivity index (χ3v) is 7.46. The van der Waals surface area contributed by atoms with Crippen molar-refractivity contribution in [2.75, 3.05) is 26.3 Å². The summed E-state index contributed by atoms with van der Waals surface area (Å²) in [6, 6.07) is 13.4. The summed E-state index contributed by atoms with van der Waals surface area (Å²) in [6.07, 6.45) is 6.80. The maximum Gasteiger partial charge on any atom is 0.416 e. The summed E-state index contributed by atoms with van der Waals surface area (Å²) in [5.74, 6) is 0.927. The van der Waals surface area contributed by atoms with E-state index in [1.807, 2.05) is 36.4 Å². The molecule has 4 N–H and O–H groups in total. The molecule has 0 aromatic heterocycles. The first-order valence-electron chi connectivity index (χ1n) is 13.8. The van der Waals surface area contributed by atoms with E-state index in [0.29, 0.717) is 40.9 Å². The number of nitrogens with one attached hydrogen (secondary N) is 1. The van der Waals surface area contributed by atoms with Crippen LogP contribution < -0.4 is 20.5 Å². The second-order valence-electron chi connectivity index (χ2n) is 9.93. The van der Waals surface area contributed by atoms with Gasteiger partial charge in [-0.25, -0.2) is 9.59 Å². The number of nitrogens with two attached hydrogens (primary N) is 1. The molecule has 0 saturated carbocycles. The molecule has 1 aliphatic carbocycles. The third-order valence-electron chi connectivity index (χ3n) is 6.96. The van der Waals surface area contributed by atoms with E-state index in [1.165, 1.54) is 0 Å². The van der Waals surface area contributed by atoms with Crippen LogP contribution in [0.15, 0.2) is 83.4 Å². The van der Waals surface area contributed by atoms with E-state index in [2.05, 4.69) is 11.4 Å². The standard InChI is InChI=1S/C31H35Cl2N3O6/c1-2-40-30(38)35-19-24(37)14-16-41-25-8-3-20(4-9-25)29-17-21(27-18-23(33)7-12-28(27)34)13-15-36(29)31(39)42-26-10-5-22(32)6-11-26/h3-12,17-18,24,27-29,37H,2,13-16,19,34H2,1H3,(H,35,38)/t24?,27?,28?,29-/m1/s1. The number of rotatable bonds is 10. The van der Waals surface area contributed by atoms with Crippen molar-refractivity contribution in [1.29, 1.82) is 0 Å². The van der Waals surface area contributed by atoms with Crippen LogP contribution in [-0.4, -0.2) is 60.6 Å². The summed E-state index contributed by atoms with van der Waals surface area (Å²) in [4.78, 5) is 26.4. The number of benzene rings is 2. The molecule has 4 rings (SSSR count). The number of allylic oxidation sites excluding steroid dienone is 2. The molecule has 2 aromatic rings. The maximum atomic E-state index is 13.3. The van der Waals surface area contributed by atoms with Crippen LogP contribution in [0.25, 0.3) is 0 Å². The van der Waals surface area contributed by atoms with Gasteiger partial charge < -0.3 is 30.4 Å². The van der Waals surface area contributed by atoms with Crippen LogP contribution in [0.5, 0.6) is 11.5 Å². The van der Waals surface area contributed by atoms with E-state index in [4.69, 9.17) is 43.1 Å². The van der Waals surface area contributed by atoms with Crippen LogP contribution >= 0.6 is 23.2 Å². The van der Waals surface area contributed by atoms with E-state index in [0.717, 1.165) is 11.1 Å². The number of carbonyl (C=O) groups is 2. The lowest BCUT2D eigenvalue weighted by Gasteiger charge is -2.37. The van der Waals surface area contributed by atoms with Gasteiger partial charge in [0.05, 0.1) is 25.4 Å². The van der Waals surface area contributed by atoms with Crippen molar-refractivity contribution >= 4 is 35.4 Å². The Morgan fingerprint density at radius 3 is 2.52 bits per heavy atom. The Morgan fingerprint density at radius 1 is 1.10 bits per heavy atom. The Morgan fingerprint density at radius 2 is 1.81 bits per heavy atom. The summed E-state index contributed by atoms with van der Waals surface area (Å²) in [5, 5.41) is 13.8. The minimum atomic E-state index is -0.775. The monoisotopic (exact) mass is 615 g/mol. The van der Waals surface area contributed by atoms with Gasteiger partial charge in [-0.2, -0.15) is 0 Å². The largest absolute Gasteiger partial charge is 0.493 e. The Hall–Kier alpha value is -3.50. The van der Waals surface area contributed by atoms with Gasteiger partial charge in [-0.1, -0.05) is 59.1 Å². The molecule has 4 atom stereocenters. The molecule has 42 heavy (non-hydrogen) atoms. The van der Waals surface area contributed by atoms with Gasteiger partial charge in [0.25, 0.3) is 0 Å². The number of nitrogens with zero attached hydrogens (tertiary/aromatic N) is 1. The molecule has 0 spiro atoms. The molecule has 3 unspecified atom stereocenters. The molecule has 0 saturated heterocycles. The molecule has 2 aromatic carbocycles. The molecule has 11 heteroatoms. The zero-order valence-electron chi connectivity index (χ0n) is 23.2. The Labute approximate surface area is 255 Å². The summed E-state index contributed by atoms with van der Waals surface area (Å²) in [7, 11) is 0. The highest BCUT2D eigenvalue weighted by Gasteiger charge is 2.32. The zero-order chi connectivity index (χ0) is 30.1. The maximum absolute atomic E-state index is 13.3. The van der Waals surface area contributed by atoms with E-state index in [1.54, 1.807) is 42.2 Å². The van der Waals surface area contributed by atoms with Gasteiger partial charge >= 0.3 is 12.2 Å². The first kappa shape index (κ1) is 31.4. The average Bonchev–Trinajstić information content (AvgIpc) is 2.99. The van der Waals surface area contributed by atoms with Crippen molar-refractivity contribution < 1.29 is 28.9 Å². The predicted octanol–water partition coefficient (Wildman–Crippen LogP) is 5.72. The molecule has 2 amide bonds. The lowest BCUT2D eigenvalue weighted by Crippen LogP contribution is -2.41. The summed E-state index contributed by atoms with van der Waals surface area (Å²) in [5.41, 5.74) is 8.35. The van der Waals surface area contributed by atoms with Crippen molar-refractivity contribution in [3.8, 4) is 11.5 Å². The second-order valence-corrected chi connectivity index (χ2v) is 10.8. The number of ether oxygens (including phenoxy) is 3. The SMILES string of the molecule is CCOC(=O)NCC(O)CCOc1ccc([C@H]2C=C(C3C=C(Cl)C=CC3N)CCN2C(=O)Oc2ccc(Cl)cc2)cc1. The van der Waals surface area contributed by atoms with E-state index < -0.39 is 24.3 Å². The van der Waals surface area contributed by atoms with Gasteiger partial charge in [0.1, 0.15) is 11.5 Å². The van der Waals surface area contributed by atoms with Gasteiger partial charge in [0.2, 0.25) is 0 Å². The number of halogens is 2. The Balaban J connectivity index is 1.46. The molecule has 2 aliphatic rings. The minimum Gasteiger partial charge on any atom is -0.493 e. The highest BCUT2D eigenvalue weighted by Crippen LogP contribution is 2.36. The molecule has 0 radical (unpaired) electrons. The van der Waals surface area contributed by atoms with Crippen LogP contribution in [0.4, 0.5) is 9.59 Å². The van der Waals surface area contributed by atoms with E-state index in [-0.39, 0.29) is 31.7 Å². The van der Waals surface area contributed by atoms with E-state index >= 15 is 0 Å². The molecule has 224 valence electrons. The molecule has 0 fully saturated rings. The first-order valence-corrected chi connectivity index (χ1v) is 14.6. The van der Waals surface area contributed by atoms with Crippen LogP contribution in [0.1, 0.15) is 31.4 Å². The highest BCUT2D eigenvalue weighted by molar-refractivity contribution is 6.31. The van der Waals surface area contributed by atoms with Crippen LogP contribution in [0.3, 0.4) is 0 Å². The lowest BCUT2D eigenvalue weighted by atomic mass is 9.83. The van der Waals surface area contributed by atoms with Crippen molar-refractivity contribution in [3.63, 3.8) is 0 Å². The Kier molecular flexibility index (Phi) is 11.3. The van der Waals surface area contributed by atoms with Gasteiger partial charge in [-0.3, -0.25) is 4.90 Å². The fraction of sp³-hybridized carbons (Fsp3) is 0.355. The van der Waals surface area contributed by atoms with Gasteiger partial charge in [0.15, 0.2) is 0 Å². The number of carbonyl (C=O) groups excluding carboxylic acids is 2. The smallest absolute Gasteiger partial charge is 0.416 e. The Bertz CT molecular complexity index is 1310. The predicted molar refractivity (Wildman–Crippen MR) is 162 cm³/mol. The number of aliphatic hydroxyl groups is 1. The zero-order valence-corrected chi connectivity index (χ0v) is 24.8. The second kappa shape index (κ2) is 15.1. The highest BCUT2D eigenvalue weighted by atomic mass is 35.5. The third kappa shape index (κ3) is 8.75. The average molecular weight is 617 g/mol. The number of aliphatic hydroxyl groups excluding tert-OH is 1. The van der Waals surface area contributed by atoms with Crippen molar-refractivity contribution in [2.45, 2.75) is 38.0 Å². The van der Waals surface area contributed by atoms with Gasteiger partial charge in [0, 0.05) is 41.5 Å². The van der Waals surface area contributed by atoms with Crippen LogP contribution in [-0.2, 0) is 4.74 Å². The number of hydrogen-bond donors (Lipinski definition) is 3. The number of alkyl carbamates (subject to hydrolysis) is 1. The molecule has 1 heterocycles. The molecule has 0 bridgehead atoms. The normalized spacial score (nSPS) is 20.7. The molecular formula is C31H35Cl2N3O6. The summed E-state index contributed by atoms with van der Waals surface area (Å²) >= 11 is 12.3. The molecule has 1 aliphatic heterocycles. The topological polar surface area (TPSA) is 123 Å². The molecular weight excluding hydrogens is 581 g/mol. The van der Waals surface area contributed by atoms with Gasteiger partial charge in [-0.15, -0.1) is 0 Å². The van der Waals surface area contributed by atoms with E-state index in [9.17, 15) is 14.7 Å². The lowest BCUT2D eigenvalue weighted by molar-refractivity contribution is 0.120. The quantitative estimate of drug-likeness (QED) is 0.292. The summed E-state index contributed by atoms with van der Waals surface area (Å²) in [6.45, 7) is 2.72. The fourth-order valence-electron chi connectivity index (χ4n) is 4.76. The molecule has 9 nitrogen and oxygen atoms in total. The van der Waals surface area contributed by atoms with Crippen molar-refractivity contribution in [3.05, 3.63) is 94.0 Å². The van der Waals surface area contributed by atoms with Gasteiger partial charge in [-0.05, 0) is 61.4 Å². The fourth-order valence-corrected chi connectivity index (χ4v) is 5.09. The first-order chi connectivity index (χ1) is 20.2. The van der Waals surface area contributed by atoms with Crippen molar-refractivity contribution in [2.24, 2.45) is 11.7 Å².